The first-order valence-corrected chi connectivity index (χ1v) is 7.41. The van der Waals surface area contributed by atoms with E-state index in [1.54, 1.807) is 23.9 Å². The molecule has 0 aliphatic heterocycles. The number of hydrogen-bond acceptors (Lipinski definition) is 3. The first kappa shape index (κ1) is 15.1. The minimum absolute atomic E-state index is 0.355. The van der Waals surface area contributed by atoms with Crippen LogP contribution in [0.1, 0.15) is 11.3 Å². The number of aromatic nitrogens is 2. The van der Waals surface area contributed by atoms with Gasteiger partial charge in [-0.25, -0.2) is 4.68 Å². The minimum Gasteiger partial charge on any atom is -0.496 e. The van der Waals surface area contributed by atoms with Crippen LogP contribution < -0.4 is 4.74 Å². The monoisotopic (exact) mass is 323 g/mol. The summed E-state index contributed by atoms with van der Waals surface area (Å²) in [6.07, 6.45) is 0. The Hall–Kier alpha value is -2.77. The second-order valence-corrected chi connectivity index (χ2v) is 5.54. The Morgan fingerprint density at radius 1 is 1.17 bits per heavy atom. The van der Waals surface area contributed by atoms with E-state index in [-0.39, 0.29) is 0 Å². The van der Waals surface area contributed by atoms with Crippen molar-refractivity contribution in [2.45, 2.75) is 6.92 Å². The van der Waals surface area contributed by atoms with Gasteiger partial charge in [0.2, 0.25) is 0 Å². The fourth-order valence-electron chi connectivity index (χ4n) is 2.48. The molecule has 0 atom stereocenters. The third-order valence-corrected chi connectivity index (χ3v) is 3.80. The summed E-state index contributed by atoms with van der Waals surface area (Å²) < 4.78 is 7.03. The van der Waals surface area contributed by atoms with E-state index in [0.29, 0.717) is 10.7 Å². The van der Waals surface area contributed by atoms with E-state index < -0.39 is 0 Å². The molecule has 0 unspecified atom stereocenters. The zero-order chi connectivity index (χ0) is 16.4. The molecule has 0 spiro atoms. The van der Waals surface area contributed by atoms with Crippen LogP contribution in [-0.2, 0) is 0 Å². The van der Waals surface area contributed by atoms with Crippen molar-refractivity contribution in [3.05, 3.63) is 64.8 Å². The van der Waals surface area contributed by atoms with Crippen LogP contribution in [0.3, 0.4) is 0 Å². The van der Waals surface area contributed by atoms with Gasteiger partial charge >= 0.3 is 0 Å². The number of rotatable bonds is 3. The Morgan fingerprint density at radius 3 is 2.65 bits per heavy atom. The molecule has 0 N–H and O–H groups in total. The zero-order valence-corrected chi connectivity index (χ0v) is 13.5. The molecular formula is C18H14ClN3O. The number of hydrogen-bond donors (Lipinski definition) is 0. The third-order valence-electron chi connectivity index (χ3n) is 3.57. The first-order chi connectivity index (χ1) is 11.1. The average Bonchev–Trinajstić information content (AvgIpc) is 2.99. The highest BCUT2D eigenvalue weighted by atomic mass is 35.5. The van der Waals surface area contributed by atoms with E-state index in [9.17, 15) is 5.26 Å². The van der Waals surface area contributed by atoms with Crippen molar-refractivity contribution in [1.29, 1.82) is 5.26 Å². The summed E-state index contributed by atoms with van der Waals surface area (Å²) in [6.45, 7) is 1.98. The first-order valence-electron chi connectivity index (χ1n) is 7.03. The van der Waals surface area contributed by atoms with Gasteiger partial charge in [-0.2, -0.15) is 10.4 Å². The van der Waals surface area contributed by atoms with E-state index >= 15 is 0 Å². The van der Waals surface area contributed by atoms with Gasteiger partial charge in [-0.3, -0.25) is 0 Å². The highest BCUT2D eigenvalue weighted by Crippen LogP contribution is 2.29. The number of nitrogens with zero attached hydrogens (tertiary/aromatic N) is 3. The molecule has 23 heavy (non-hydrogen) atoms. The fourth-order valence-corrected chi connectivity index (χ4v) is 2.67. The average molecular weight is 324 g/mol. The van der Waals surface area contributed by atoms with Crippen LogP contribution in [0.4, 0.5) is 0 Å². The van der Waals surface area contributed by atoms with E-state index in [1.165, 1.54) is 0 Å². The van der Waals surface area contributed by atoms with Gasteiger partial charge in [0, 0.05) is 16.7 Å². The Balaban J connectivity index is 2.18. The number of methoxy groups -OCH3 is 1. The zero-order valence-electron chi connectivity index (χ0n) is 12.7. The van der Waals surface area contributed by atoms with Crippen molar-refractivity contribution in [2.24, 2.45) is 0 Å². The summed E-state index contributed by atoms with van der Waals surface area (Å²) in [4.78, 5) is 0. The minimum atomic E-state index is 0.355. The molecule has 0 aliphatic rings. The van der Waals surface area contributed by atoms with Crippen LogP contribution in [0.5, 0.6) is 5.75 Å². The summed E-state index contributed by atoms with van der Waals surface area (Å²) in [5, 5.41) is 14.2. The number of ether oxygens (including phenoxy) is 1. The van der Waals surface area contributed by atoms with Crippen molar-refractivity contribution in [3.8, 4) is 28.8 Å². The van der Waals surface area contributed by atoms with Crippen molar-refractivity contribution >= 4 is 11.6 Å². The SMILES string of the molecule is COc1ccc(-c2cc(C#N)nn2-c2cccc(Cl)c2)cc1C. The Kier molecular flexibility index (Phi) is 4.05. The lowest BCUT2D eigenvalue weighted by molar-refractivity contribution is 0.412. The smallest absolute Gasteiger partial charge is 0.163 e. The van der Waals surface area contributed by atoms with Gasteiger partial charge in [0.15, 0.2) is 5.69 Å². The molecule has 0 saturated heterocycles. The van der Waals surface area contributed by atoms with Gasteiger partial charge in [0.1, 0.15) is 11.8 Å². The maximum Gasteiger partial charge on any atom is 0.163 e. The largest absolute Gasteiger partial charge is 0.496 e. The molecule has 1 heterocycles. The Bertz CT molecular complexity index is 909. The summed E-state index contributed by atoms with van der Waals surface area (Å²) >= 11 is 6.08. The van der Waals surface area contributed by atoms with Crippen molar-refractivity contribution < 1.29 is 4.74 Å². The van der Waals surface area contributed by atoms with E-state index in [2.05, 4.69) is 11.2 Å². The number of benzene rings is 2. The molecule has 0 amide bonds. The van der Waals surface area contributed by atoms with Gasteiger partial charge in [-0.05, 0) is 48.9 Å². The van der Waals surface area contributed by atoms with Crippen LogP contribution in [0.25, 0.3) is 16.9 Å². The van der Waals surface area contributed by atoms with E-state index in [0.717, 1.165) is 28.3 Å². The number of nitriles is 1. The lowest BCUT2D eigenvalue weighted by Gasteiger charge is -2.10. The highest BCUT2D eigenvalue weighted by Gasteiger charge is 2.13. The highest BCUT2D eigenvalue weighted by molar-refractivity contribution is 6.30. The van der Waals surface area contributed by atoms with Crippen molar-refractivity contribution in [3.63, 3.8) is 0 Å². The maximum absolute atomic E-state index is 9.19. The molecule has 4 nitrogen and oxygen atoms in total. The molecule has 2 aromatic carbocycles. The molecule has 0 saturated carbocycles. The molecule has 3 rings (SSSR count). The standard InChI is InChI=1S/C18H14ClN3O/c1-12-8-13(6-7-18(12)23-2)17-10-15(11-20)21-22(17)16-5-3-4-14(19)9-16/h3-10H,1-2H3. The quantitative estimate of drug-likeness (QED) is 0.718. The molecule has 3 aromatic rings. The predicted octanol–water partition coefficient (Wildman–Crippen LogP) is 4.38. The molecule has 5 heteroatoms. The topological polar surface area (TPSA) is 50.8 Å². The van der Waals surface area contributed by atoms with Crippen molar-refractivity contribution in [2.75, 3.05) is 7.11 Å². The van der Waals surface area contributed by atoms with Gasteiger partial charge < -0.3 is 4.74 Å². The van der Waals surface area contributed by atoms with Gasteiger partial charge in [0.05, 0.1) is 18.5 Å². The van der Waals surface area contributed by atoms with Gasteiger partial charge in [-0.15, -0.1) is 0 Å². The molecule has 0 bridgehead atoms. The normalized spacial score (nSPS) is 10.3. The Morgan fingerprint density at radius 2 is 2.00 bits per heavy atom. The maximum atomic E-state index is 9.19. The Labute approximate surface area is 139 Å². The molecule has 0 radical (unpaired) electrons. The molecule has 0 fully saturated rings. The second-order valence-electron chi connectivity index (χ2n) is 5.10. The second kappa shape index (κ2) is 6.15. The third kappa shape index (κ3) is 2.92. The molecular weight excluding hydrogens is 310 g/mol. The number of halogens is 1. The van der Waals surface area contributed by atoms with Crippen LogP contribution in [-0.4, -0.2) is 16.9 Å². The molecule has 1 aromatic heterocycles. The summed E-state index contributed by atoms with van der Waals surface area (Å²) in [7, 11) is 1.64. The lowest BCUT2D eigenvalue weighted by atomic mass is 10.1. The van der Waals surface area contributed by atoms with Crippen LogP contribution in [0, 0.1) is 18.3 Å². The molecule has 0 aliphatic carbocycles. The predicted molar refractivity (Wildman–Crippen MR) is 90.0 cm³/mol. The van der Waals surface area contributed by atoms with Crippen molar-refractivity contribution in [1.82, 2.24) is 9.78 Å². The van der Waals surface area contributed by atoms with Crippen LogP contribution in [0.2, 0.25) is 5.02 Å². The van der Waals surface area contributed by atoms with Crippen LogP contribution >= 0.6 is 11.6 Å². The van der Waals surface area contributed by atoms with Crippen LogP contribution in [0.15, 0.2) is 48.5 Å². The summed E-state index contributed by atoms with van der Waals surface area (Å²) in [6, 6.07) is 17.1. The fraction of sp³-hybridized carbons (Fsp3) is 0.111. The summed E-state index contributed by atoms with van der Waals surface area (Å²) in [5.41, 5.74) is 3.96. The van der Waals surface area contributed by atoms with Gasteiger partial charge in [-0.1, -0.05) is 17.7 Å². The van der Waals surface area contributed by atoms with E-state index in [1.807, 2.05) is 43.3 Å². The lowest BCUT2D eigenvalue weighted by Crippen LogP contribution is -1.99. The number of aryl methyl sites for hydroxylation is 1. The van der Waals surface area contributed by atoms with E-state index in [4.69, 9.17) is 16.3 Å². The van der Waals surface area contributed by atoms with Gasteiger partial charge in [0.25, 0.3) is 0 Å². The molecule has 114 valence electrons. The summed E-state index contributed by atoms with van der Waals surface area (Å²) in [5.74, 6) is 0.822.